The molecule has 0 saturated carbocycles. The fraction of sp³-hybridized carbons (Fsp3) is 0.481. The van der Waals surface area contributed by atoms with E-state index in [-0.39, 0.29) is 26.2 Å². The number of methoxy groups -OCH3 is 1. The summed E-state index contributed by atoms with van der Waals surface area (Å²) < 4.78 is 24.5. The van der Waals surface area contributed by atoms with E-state index in [1.165, 1.54) is 9.80 Å². The molecule has 0 radical (unpaired) electrons. The zero-order chi connectivity index (χ0) is 27.7. The summed E-state index contributed by atoms with van der Waals surface area (Å²) in [4.78, 5) is 34.1. The van der Waals surface area contributed by atoms with Gasteiger partial charge in [0.1, 0.15) is 23.6 Å². The molecular weight excluding hydrogens is 490 g/mol. The van der Waals surface area contributed by atoms with Crippen LogP contribution in [0.1, 0.15) is 41.5 Å². The van der Waals surface area contributed by atoms with Gasteiger partial charge in [-0.05, 0) is 65.3 Å². The second-order valence-electron chi connectivity index (χ2n) is 10.9. The van der Waals surface area contributed by atoms with Gasteiger partial charge in [-0.2, -0.15) is 5.10 Å². The van der Waals surface area contributed by atoms with Crippen molar-refractivity contribution in [3.05, 3.63) is 36.7 Å². The van der Waals surface area contributed by atoms with Crippen LogP contribution in [0.25, 0.3) is 16.8 Å². The summed E-state index contributed by atoms with van der Waals surface area (Å²) in [6.45, 7) is 11.5. The Kier molecular flexibility index (Phi) is 7.39. The fourth-order valence-electron chi connectivity index (χ4n) is 3.89. The minimum atomic E-state index is -0.722. The molecule has 0 unspecified atom stereocenters. The first-order chi connectivity index (χ1) is 17.8. The van der Waals surface area contributed by atoms with Crippen LogP contribution in [0.15, 0.2) is 36.7 Å². The van der Waals surface area contributed by atoms with Crippen molar-refractivity contribution in [2.45, 2.75) is 52.7 Å². The van der Waals surface area contributed by atoms with Crippen LogP contribution in [0.4, 0.5) is 15.4 Å². The quantitative estimate of drug-likeness (QED) is 0.447. The zero-order valence-corrected chi connectivity index (χ0v) is 23.0. The summed E-state index contributed by atoms with van der Waals surface area (Å²) in [6, 6.07) is 7.24. The van der Waals surface area contributed by atoms with Crippen LogP contribution >= 0.6 is 0 Å². The van der Waals surface area contributed by atoms with Gasteiger partial charge in [0.15, 0.2) is 17.1 Å². The van der Waals surface area contributed by atoms with E-state index in [2.05, 4.69) is 5.10 Å². The minimum absolute atomic E-state index is 0.120. The maximum Gasteiger partial charge on any atom is 0.416 e. The molecule has 3 aromatic rings. The Morgan fingerprint density at radius 2 is 1.66 bits per heavy atom. The fourth-order valence-corrected chi connectivity index (χ4v) is 3.89. The number of hydrogen-bond acceptors (Lipinski definition) is 8. The van der Waals surface area contributed by atoms with Crippen molar-refractivity contribution in [2.75, 3.05) is 38.3 Å². The van der Waals surface area contributed by atoms with Gasteiger partial charge in [0.05, 0.1) is 19.9 Å². The molecule has 3 heterocycles. The number of carbonyl (C=O) groups excluding carboxylic acids is 2. The van der Waals surface area contributed by atoms with Crippen molar-refractivity contribution < 1.29 is 28.5 Å². The van der Waals surface area contributed by atoms with Crippen molar-refractivity contribution in [2.24, 2.45) is 0 Å². The molecule has 2 amide bonds. The first-order valence-electron chi connectivity index (χ1n) is 12.5. The van der Waals surface area contributed by atoms with E-state index in [4.69, 9.17) is 23.9 Å². The third kappa shape index (κ3) is 6.27. The molecule has 38 heavy (non-hydrogen) atoms. The SMILES string of the molecule is COc1ccc2cc1OCCN(C(=O)OC(C)(C)C)CCN(C(=O)OC(C)(C)C)c1ccn3ncc-2c3n1. The normalized spacial score (nSPS) is 14.6. The number of amides is 2. The molecule has 4 rings (SSSR count). The van der Waals surface area contributed by atoms with Gasteiger partial charge in [-0.1, -0.05) is 6.07 Å². The predicted molar refractivity (Wildman–Crippen MR) is 142 cm³/mol. The Morgan fingerprint density at radius 1 is 0.947 bits per heavy atom. The Balaban J connectivity index is 1.81. The smallest absolute Gasteiger partial charge is 0.416 e. The summed E-state index contributed by atoms with van der Waals surface area (Å²) in [5.74, 6) is 1.46. The van der Waals surface area contributed by atoms with Crippen molar-refractivity contribution in [3.63, 3.8) is 0 Å². The molecule has 1 aromatic carbocycles. The molecule has 1 aliphatic rings. The van der Waals surface area contributed by atoms with Gasteiger partial charge in [-0.15, -0.1) is 0 Å². The van der Waals surface area contributed by atoms with E-state index in [1.807, 2.05) is 18.2 Å². The maximum absolute atomic E-state index is 13.3. The lowest BCUT2D eigenvalue weighted by molar-refractivity contribution is 0.0224. The standard InChI is InChI=1S/C27H35N5O6/c1-26(2,3)37-24(33)30-12-13-31(25(34)38-27(4,5)6)22-10-11-32-23(29-22)19(17-28-32)18-8-9-20(35-7)21(16-18)36-15-14-30/h8-11,16-17H,12-15H2,1-7H3. The molecule has 204 valence electrons. The van der Waals surface area contributed by atoms with E-state index in [9.17, 15) is 9.59 Å². The van der Waals surface area contributed by atoms with E-state index in [1.54, 1.807) is 71.6 Å². The Labute approximate surface area is 222 Å². The third-order valence-electron chi connectivity index (χ3n) is 5.58. The lowest BCUT2D eigenvalue weighted by Gasteiger charge is -2.31. The Bertz CT molecular complexity index is 1320. The van der Waals surface area contributed by atoms with Crippen LogP contribution in [-0.2, 0) is 9.47 Å². The first-order valence-corrected chi connectivity index (χ1v) is 12.5. The first kappa shape index (κ1) is 27.0. The van der Waals surface area contributed by atoms with E-state index in [0.717, 1.165) is 11.1 Å². The van der Waals surface area contributed by atoms with E-state index in [0.29, 0.717) is 23.0 Å². The monoisotopic (exact) mass is 525 g/mol. The average molecular weight is 526 g/mol. The molecule has 0 atom stereocenters. The minimum Gasteiger partial charge on any atom is -0.493 e. The third-order valence-corrected chi connectivity index (χ3v) is 5.58. The highest BCUT2D eigenvalue weighted by molar-refractivity contribution is 5.88. The van der Waals surface area contributed by atoms with Crippen LogP contribution in [0.3, 0.4) is 0 Å². The molecule has 0 fully saturated rings. The second kappa shape index (κ2) is 10.4. The number of rotatable bonds is 1. The van der Waals surface area contributed by atoms with Crippen LogP contribution in [0.5, 0.6) is 11.5 Å². The van der Waals surface area contributed by atoms with Crippen molar-refractivity contribution in [1.29, 1.82) is 0 Å². The van der Waals surface area contributed by atoms with Crippen LogP contribution in [0, 0.1) is 0 Å². The van der Waals surface area contributed by atoms with Gasteiger partial charge in [0, 0.05) is 24.8 Å². The highest BCUT2D eigenvalue weighted by atomic mass is 16.6. The average Bonchev–Trinajstić information content (AvgIpc) is 3.23. The number of carbonyl (C=O) groups is 2. The molecule has 0 spiro atoms. The molecule has 0 aliphatic carbocycles. The zero-order valence-electron chi connectivity index (χ0n) is 23.0. The molecule has 0 N–H and O–H groups in total. The Morgan fingerprint density at radius 3 is 2.34 bits per heavy atom. The largest absolute Gasteiger partial charge is 0.493 e. The van der Waals surface area contributed by atoms with Crippen molar-refractivity contribution in [3.8, 4) is 22.6 Å². The number of anilines is 1. The van der Waals surface area contributed by atoms with Gasteiger partial charge in [0.2, 0.25) is 0 Å². The molecule has 2 aromatic heterocycles. The van der Waals surface area contributed by atoms with Gasteiger partial charge in [-0.25, -0.2) is 19.1 Å². The number of benzene rings is 1. The van der Waals surface area contributed by atoms with Gasteiger partial charge in [-0.3, -0.25) is 4.90 Å². The van der Waals surface area contributed by atoms with Crippen molar-refractivity contribution >= 4 is 23.7 Å². The summed E-state index contributed by atoms with van der Waals surface area (Å²) in [6.07, 6.45) is 2.36. The van der Waals surface area contributed by atoms with Gasteiger partial charge in [0.25, 0.3) is 0 Å². The summed E-state index contributed by atoms with van der Waals surface area (Å²) >= 11 is 0. The summed E-state index contributed by atoms with van der Waals surface area (Å²) in [7, 11) is 1.57. The van der Waals surface area contributed by atoms with Crippen LogP contribution in [0.2, 0.25) is 0 Å². The molecule has 1 aliphatic heterocycles. The molecular formula is C27H35N5O6. The number of hydrogen-bond donors (Lipinski definition) is 0. The molecule has 0 saturated heterocycles. The number of ether oxygens (including phenoxy) is 4. The van der Waals surface area contributed by atoms with Gasteiger partial charge >= 0.3 is 12.2 Å². The summed E-state index contributed by atoms with van der Waals surface area (Å²) in [5.41, 5.74) is 0.708. The number of fused-ring (bicyclic) bond motifs is 4. The molecule has 4 bridgehead atoms. The van der Waals surface area contributed by atoms with Crippen molar-refractivity contribution in [1.82, 2.24) is 19.5 Å². The van der Waals surface area contributed by atoms with Crippen LogP contribution in [-0.4, -0.2) is 76.2 Å². The number of nitrogens with zero attached hydrogens (tertiary/aromatic N) is 5. The maximum atomic E-state index is 13.3. The Hall–Kier alpha value is -4.02. The lowest BCUT2D eigenvalue weighted by Crippen LogP contribution is -2.46. The predicted octanol–water partition coefficient (Wildman–Crippen LogP) is 4.78. The second-order valence-corrected chi connectivity index (χ2v) is 10.9. The van der Waals surface area contributed by atoms with Crippen LogP contribution < -0.4 is 14.4 Å². The number of aromatic nitrogens is 3. The molecule has 11 nitrogen and oxygen atoms in total. The highest BCUT2D eigenvalue weighted by Crippen LogP contribution is 2.34. The lowest BCUT2D eigenvalue weighted by atomic mass is 10.1. The summed E-state index contributed by atoms with van der Waals surface area (Å²) in [5, 5.41) is 4.42. The topological polar surface area (TPSA) is 108 Å². The van der Waals surface area contributed by atoms with E-state index >= 15 is 0 Å². The van der Waals surface area contributed by atoms with Gasteiger partial charge < -0.3 is 23.8 Å². The molecule has 11 heteroatoms. The highest BCUT2D eigenvalue weighted by Gasteiger charge is 2.28. The van der Waals surface area contributed by atoms with E-state index < -0.39 is 23.4 Å².